The Balaban J connectivity index is 0.00000225. The first-order valence-corrected chi connectivity index (χ1v) is 10.9. The summed E-state index contributed by atoms with van der Waals surface area (Å²) in [5.41, 5.74) is 0.295. The maximum absolute atomic E-state index is 12.0. The summed E-state index contributed by atoms with van der Waals surface area (Å²) in [6.45, 7) is 1.87. The summed E-state index contributed by atoms with van der Waals surface area (Å²) in [4.78, 5) is 19.5. The van der Waals surface area contributed by atoms with Crippen molar-refractivity contribution >= 4 is 47.2 Å². The summed E-state index contributed by atoms with van der Waals surface area (Å²) < 4.78 is 6.02. The lowest BCUT2D eigenvalue weighted by atomic mass is 9.46. The molecule has 2 aliphatic carbocycles. The Morgan fingerprint density at radius 3 is 2.89 bits per heavy atom. The minimum Gasteiger partial charge on any atom is -0.377 e. The zero-order chi connectivity index (χ0) is 18.9. The van der Waals surface area contributed by atoms with Gasteiger partial charge in [0.1, 0.15) is 6.54 Å². The van der Waals surface area contributed by atoms with Crippen LogP contribution in [0.5, 0.6) is 0 Å². The summed E-state index contributed by atoms with van der Waals surface area (Å²) in [6, 6.07) is 4.65. The van der Waals surface area contributed by atoms with Crippen LogP contribution in [0.3, 0.4) is 0 Å². The first-order chi connectivity index (χ1) is 13.1. The van der Waals surface area contributed by atoms with Gasteiger partial charge >= 0.3 is 0 Å². The average molecular weight is 518 g/mol. The summed E-state index contributed by atoms with van der Waals surface area (Å²) in [6.07, 6.45) is 6.30. The molecular formula is C20H31IN4O2S. The fourth-order valence-corrected chi connectivity index (χ4v) is 5.51. The molecule has 0 bridgehead atoms. The molecule has 28 heavy (non-hydrogen) atoms. The van der Waals surface area contributed by atoms with Gasteiger partial charge in [0, 0.05) is 49.5 Å². The maximum Gasteiger partial charge on any atom is 0.243 e. The van der Waals surface area contributed by atoms with Crippen molar-refractivity contribution in [2.24, 2.45) is 16.3 Å². The molecule has 3 fully saturated rings. The highest BCUT2D eigenvalue weighted by atomic mass is 127. The monoisotopic (exact) mass is 518 g/mol. The van der Waals surface area contributed by atoms with Gasteiger partial charge in [0.15, 0.2) is 5.96 Å². The lowest BCUT2D eigenvalue weighted by Crippen LogP contribution is -2.72. The smallest absolute Gasteiger partial charge is 0.243 e. The normalized spacial score (nSPS) is 27.2. The standard InChI is InChI=1S/C20H30N4O2S.HI/c1-24(2)16(25)13-22-19(21-10-6-14-5-3-12-27-14)23-17-15-7-11-26-18(15)20(17)8-4-9-20;/h3,5,12,15,17-18H,4,6-11,13H2,1-2H3,(H2,21,22,23);1H. The number of carbonyl (C=O) groups excluding carboxylic acids is 1. The van der Waals surface area contributed by atoms with Crippen LogP contribution >= 0.6 is 35.3 Å². The van der Waals surface area contributed by atoms with Crippen molar-refractivity contribution in [3.8, 4) is 0 Å². The Bertz CT molecular complexity index is 690. The van der Waals surface area contributed by atoms with Gasteiger partial charge in [-0.05, 0) is 37.1 Å². The van der Waals surface area contributed by atoms with Gasteiger partial charge in [-0.1, -0.05) is 12.5 Å². The van der Waals surface area contributed by atoms with Crippen molar-refractivity contribution in [2.75, 3.05) is 33.8 Å². The van der Waals surface area contributed by atoms with E-state index in [4.69, 9.17) is 4.74 Å². The molecule has 1 saturated heterocycles. The van der Waals surface area contributed by atoms with Crippen LogP contribution in [0.2, 0.25) is 0 Å². The number of carbonyl (C=O) groups is 1. The Labute approximate surface area is 188 Å². The van der Waals surface area contributed by atoms with Gasteiger partial charge in [-0.25, -0.2) is 4.99 Å². The van der Waals surface area contributed by atoms with Crippen molar-refractivity contribution in [1.82, 2.24) is 15.5 Å². The first kappa shape index (κ1) is 21.8. The third kappa shape index (κ3) is 4.18. The molecule has 3 unspecified atom stereocenters. The summed E-state index contributed by atoms with van der Waals surface area (Å²) in [5, 5.41) is 9.24. The van der Waals surface area contributed by atoms with Crippen molar-refractivity contribution in [2.45, 2.75) is 44.2 Å². The van der Waals surface area contributed by atoms with Gasteiger partial charge in [-0.2, -0.15) is 0 Å². The van der Waals surface area contributed by atoms with Crippen LogP contribution in [0.4, 0.5) is 0 Å². The Morgan fingerprint density at radius 2 is 2.25 bits per heavy atom. The quantitative estimate of drug-likeness (QED) is 0.345. The number of hydrogen-bond acceptors (Lipinski definition) is 4. The van der Waals surface area contributed by atoms with E-state index < -0.39 is 0 Å². The van der Waals surface area contributed by atoms with Crippen molar-refractivity contribution in [1.29, 1.82) is 0 Å². The highest BCUT2D eigenvalue weighted by Gasteiger charge is 2.66. The molecule has 2 saturated carbocycles. The summed E-state index contributed by atoms with van der Waals surface area (Å²) in [7, 11) is 3.54. The predicted octanol–water partition coefficient (Wildman–Crippen LogP) is 2.49. The molecule has 4 rings (SSSR count). The third-order valence-electron chi connectivity index (χ3n) is 6.44. The highest BCUT2D eigenvalue weighted by molar-refractivity contribution is 14.0. The van der Waals surface area contributed by atoms with Crippen molar-refractivity contribution in [3.63, 3.8) is 0 Å². The van der Waals surface area contributed by atoms with Crippen LogP contribution in [0.15, 0.2) is 22.5 Å². The number of halogens is 1. The first-order valence-electron chi connectivity index (χ1n) is 9.99. The van der Waals surface area contributed by atoms with E-state index in [0.29, 0.717) is 23.5 Å². The van der Waals surface area contributed by atoms with Gasteiger partial charge in [0.05, 0.1) is 6.10 Å². The van der Waals surface area contributed by atoms with Crippen LogP contribution in [-0.4, -0.2) is 62.7 Å². The van der Waals surface area contributed by atoms with E-state index in [-0.39, 0.29) is 36.4 Å². The number of amides is 1. The lowest BCUT2D eigenvalue weighted by Gasteiger charge is -2.63. The van der Waals surface area contributed by atoms with Gasteiger partial charge in [-0.15, -0.1) is 35.3 Å². The van der Waals surface area contributed by atoms with Crippen molar-refractivity contribution in [3.05, 3.63) is 22.4 Å². The number of nitrogens with one attached hydrogen (secondary N) is 2. The summed E-state index contributed by atoms with van der Waals surface area (Å²) in [5.74, 6) is 1.37. The Hall–Kier alpha value is -0.870. The Kier molecular flexibility index (Phi) is 7.25. The lowest BCUT2D eigenvalue weighted by molar-refractivity contribution is -0.171. The van der Waals surface area contributed by atoms with Gasteiger partial charge in [0.25, 0.3) is 0 Å². The minimum absolute atomic E-state index is 0. The molecule has 156 valence electrons. The molecule has 1 amide bonds. The van der Waals surface area contributed by atoms with E-state index in [1.807, 2.05) is 0 Å². The van der Waals surface area contributed by atoms with E-state index in [1.54, 1.807) is 30.3 Å². The molecule has 1 aromatic rings. The van der Waals surface area contributed by atoms with Crippen LogP contribution < -0.4 is 10.6 Å². The van der Waals surface area contributed by atoms with Crippen LogP contribution in [0.1, 0.15) is 30.6 Å². The van der Waals surface area contributed by atoms with E-state index in [1.165, 1.54) is 24.1 Å². The van der Waals surface area contributed by atoms with E-state index in [2.05, 4.69) is 33.1 Å². The second-order valence-corrected chi connectivity index (χ2v) is 9.19. The Morgan fingerprint density at radius 1 is 1.43 bits per heavy atom. The zero-order valence-electron chi connectivity index (χ0n) is 16.6. The third-order valence-corrected chi connectivity index (χ3v) is 7.38. The molecule has 3 atom stereocenters. The number of fused-ring (bicyclic) bond motifs is 2. The molecule has 2 N–H and O–H groups in total. The number of likely N-dealkylation sites (N-methyl/N-ethyl adjacent to an activating group) is 1. The van der Waals surface area contributed by atoms with Gasteiger partial charge in [0.2, 0.25) is 5.91 Å². The van der Waals surface area contributed by atoms with Gasteiger partial charge < -0.3 is 20.3 Å². The maximum atomic E-state index is 12.0. The van der Waals surface area contributed by atoms with E-state index in [0.717, 1.165) is 32.0 Å². The molecule has 6 nitrogen and oxygen atoms in total. The number of rotatable bonds is 6. The molecule has 8 heteroatoms. The fraction of sp³-hybridized carbons (Fsp3) is 0.700. The number of hydrogen-bond donors (Lipinski definition) is 2. The number of aliphatic imine (C=N–C) groups is 1. The average Bonchev–Trinajstić information content (AvgIpc) is 3.25. The van der Waals surface area contributed by atoms with E-state index >= 15 is 0 Å². The van der Waals surface area contributed by atoms with E-state index in [9.17, 15) is 4.79 Å². The summed E-state index contributed by atoms with van der Waals surface area (Å²) >= 11 is 1.77. The number of ether oxygens (including phenoxy) is 1. The molecule has 0 radical (unpaired) electrons. The fourth-order valence-electron chi connectivity index (χ4n) is 4.80. The van der Waals surface area contributed by atoms with Crippen LogP contribution in [0.25, 0.3) is 0 Å². The molecule has 1 aromatic heterocycles. The number of nitrogens with zero attached hydrogens (tertiary/aromatic N) is 2. The minimum atomic E-state index is 0. The zero-order valence-corrected chi connectivity index (χ0v) is 19.8. The SMILES string of the molecule is CN(C)C(=O)CN=C(NCCc1cccs1)NC1C2CCOC2C12CCC2.I. The van der Waals surface area contributed by atoms with Crippen LogP contribution in [0, 0.1) is 11.3 Å². The molecule has 2 heterocycles. The number of thiophene rings is 1. The molecule has 3 aliphatic rings. The van der Waals surface area contributed by atoms with Crippen molar-refractivity contribution < 1.29 is 9.53 Å². The highest BCUT2D eigenvalue weighted by Crippen LogP contribution is 2.62. The molecule has 1 aliphatic heterocycles. The van der Waals surface area contributed by atoms with Crippen LogP contribution in [-0.2, 0) is 16.0 Å². The topological polar surface area (TPSA) is 66.0 Å². The van der Waals surface area contributed by atoms with Gasteiger partial charge in [-0.3, -0.25) is 4.79 Å². The second-order valence-electron chi connectivity index (χ2n) is 8.16. The molecule has 0 aromatic carbocycles. The molecular weight excluding hydrogens is 487 g/mol. The second kappa shape index (κ2) is 9.30. The largest absolute Gasteiger partial charge is 0.377 e. The predicted molar refractivity (Wildman–Crippen MR) is 123 cm³/mol. The molecule has 1 spiro atoms. The number of guanidine groups is 1.